The molecule has 7 nitrogen and oxygen atoms in total. The maximum atomic E-state index is 12.5. The Bertz CT molecular complexity index is 849. The smallest absolute Gasteiger partial charge is 0.328 e. The van der Waals surface area contributed by atoms with Crippen LogP contribution >= 0.6 is 11.6 Å². The van der Waals surface area contributed by atoms with Crippen LogP contribution in [0.25, 0.3) is 10.9 Å². The number of hydrogen-bond donors (Lipinski definition) is 1. The van der Waals surface area contributed by atoms with Crippen molar-refractivity contribution in [1.82, 2.24) is 14.9 Å². The average Bonchev–Trinajstić information content (AvgIpc) is 2.61. The van der Waals surface area contributed by atoms with Crippen LogP contribution in [-0.2, 0) is 20.9 Å². The predicted octanol–water partition coefficient (Wildman–Crippen LogP) is 1.75. The number of rotatable bonds is 6. The fourth-order valence-corrected chi connectivity index (χ4v) is 2.59. The summed E-state index contributed by atoms with van der Waals surface area (Å²) in [5.74, 6) is -1.08. The fourth-order valence-electron chi connectivity index (χ4n) is 2.41. The first-order chi connectivity index (χ1) is 11.9. The fraction of sp³-hybridized carbons (Fsp3) is 0.412. The zero-order valence-electron chi connectivity index (χ0n) is 14.3. The van der Waals surface area contributed by atoms with Crippen molar-refractivity contribution in [2.45, 2.75) is 32.9 Å². The molecule has 0 spiro atoms. The van der Waals surface area contributed by atoms with Gasteiger partial charge in [0, 0.05) is 5.02 Å². The number of ether oxygens (including phenoxy) is 1. The maximum absolute atomic E-state index is 12.5. The number of nitrogens with zero attached hydrogens (tertiary/aromatic N) is 2. The lowest BCUT2D eigenvalue weighted by Crippen LogP contribution is -2.47. The van der Waals surface area contributed by atoms with Crippen LogP contribution in [0.1, 0.15) is 20.3 Å². The number of carbonyl (C=O) groups excluding carboxylic acids is 2. The molecule has 0 saturated heterocycles. The third kappa shape index (κ3) is 4.36. The van der Waals surface area contributed by atoms with Crippen LogP contribution in [0, 0.1) is 5.92 Å². The highest BCUT2D eigenvalue weighted by atomic mass is 35.5. The number of nitrogens with one attached hydrogen (secondary N) is 1. The molecule has 0 saturated carbocycles. The largest absolute Gasteiger partial charge is 0.467 e. The highest BCUT2D eigenvalue weighted by molar-refractivity contribution is 6.31. The van der Waals surface area contributed by atoms with Gasteiger partial charge in [-0.15, -0.1) is 0 Å². The van der Waals surface area contributed by atoms with Gasteiger partial charge in [0.05, 0.1) is 24.3 Å². The van der Waals surface area contributed by atoms with Crippen LogP contribution in [-0.4, -0.2) is 34.6 Å². The second-order valence-electron chi connectivity index (χ2n) is 5.79. The van der Waals surface area contributed by atoms with E-state index < -0.39 is 17.9 Å². The molecule has 2 atom stereocenters. The van der Waals surface area contributed by atoms with Gasteiger partial charge in [0.25, 0.3) is 5.56 Å². The van der Waals surface area contributed by atoms with Gasteiger partial charge < -0.3 is 10.1 Å². The monoisotopic (exact) mass is 365 g/mol. The molecule has 1 aromatic heterocycles. The second-order valence-corrected chi connectivity index (χ2v) is 6.23. The van der Waals surface area contributed by atoms with E-state index in [1.807, 2.05) is 13.8 Å². The van der Waals surface area contributed by atoms with Gasteiger partial charge in [0.2, 0.25) is 5.91 Å². The van der Waals surface area contributed by atoms with Crippen molar-refractivity contribution in [2.75, 3.05) is 7.11 Å². The van der Waals surface area contributed by atoms with E-state index in [1.165, 1.54) is 24.1 Å². The van der Waals surface area contributed by atoms with E-state index in [9.17, 15) is 14.4 Å². The molecule has 0 aliphatic rings. The summed E-state index contributed by atoms with van der Waals surface area (Å²) in [4.78, 5) is 40.8. The number of benzene rings is 1. The van der Waals surface area contributed by atoms with Gasteiger partial charge >= 0.3 is 5.97 Å². The highest BCUT2D eigenvalue weighted by Gasteiger charge is 2.26. The number of fused-ring (bicyclic) bond motifs is 1. The maximum Gasteiger partial charge on any atom is 0.328 e. The Kier molecular flexibility index (Phi) is 6.14. The Hall–Kier alpha value is -2.41. The summed E-state index contributed by atoms with van der Waals surface area (Å²) in [5, 5.41) is 3.37. The number of aromatic nitrogens is 2. The van der Waals surface area contributed by atoms with Crippen molar-refractivity contribution >= 4 is 34.4 Å². The summed E-state index contributed by atoms with van der Waals surface area (Å²) in [6.07, 6.45) is 1.99. The molecule has 8 heteroatoms. The van der Waals surface area contributed by atoms with Crippen LogP contribution in [0.15, 0.2) is 29.3 Å². The Balaban J connectivity index is 2.22. The average molecular weight is 366 g/mol. The summed E-state index contributed by atoms with van der Waals surface area (Å²) in [5.41, 5.74) is 0.124. The van der Waals surface area contributed by atoms with Crippen LogP contribution < -0.4 is 10.9 Å². The van der Waals surface area contributed by atoms with E-state index in [4.69, 9.17) is 16.3 Å². The van der Waals surface area contributed by atoms with Crippen molar-refractivity contribution < 1.29 is 14.3 Å². The molecule has 2 unspecified atom stereocenters. The summed E-state index contributed by atoms with van der Waals surface area (Å²) >= 11 is 5.91. The number of amides is 1. The van der Waals surface area contributed by atoms with Crippen molar-refractivity contribution in [3.63, 3.8) is 0 Å². The van der Waals surface area contributed by atoms with Gasteiger partial charge in [0.15, 0.2) is 0 Å². The molecule has 2 rings (SSSR count). The predicted molar refractivity (Wildman–Crippen MR) is 94.4 cm³/mol. The van der Waals surface area contributed by atoms with Gasteiger partial charge in [-0.25, -0.2) is 9.78 Å². The highest BCUT2D eigenvalue weighted by Crippen LogP contribution is 2.14. The number of methoxy groups -OCH3 is 1. The van der Waals surface area contributed by atoms with E-state index in [2.05, 4.69) is 10.3 Å². The Morgan fingerprint density at radius 2 is 2.12 bits per heavy atom. The van der Waals surface area contributed by atoms with Gasteiger partial charge in [-0.1, -0.05) is 31.9 Å². The van der Waals surface area contributed by atoms with Gasteiger partial charge in [0.1, 0.15) is 12.6 Å². The molecule has 1 amide bonds. The van der Waals surface area contributed by atoms with Crippen LogP contribution in [0.2, 0.25) is 5.02 Å². The normalized spacial score (nSPS) is 13.3. The summed E-state index contributed by atoms with van der Waals surface area (Å²) in [6, 6.07) is 4.03. The molecule has 0 radical (unpaired) electrons. The molecule has 0 fully saturated rings. The topological polar surface area (TPSA) is 90.3 Å². The number of halogens is 1. The molecule has 134 valence electrons. The summed E-state index contributed by atoms with van der Waals surface area (Å²) in [7, 11) is 1.27. The van der Waals surface area contributed by atoms with Crippen LogP contribution in [0.5, 0.6) is 0 Å². The standard InChI is InChI=1S/C17H20ClN3O4/c1-4-10(2)15(17(24)25-3)20-14(22)8-21-9-19-13-6-5-11(18)7-12(13)16(21)23/h5-7,9-10,15H,4,8H2,1-3H3,(H,20,22). The van der Waals surface area contributed by atoms with Gasteiger partial charge in [-0.3, -0.25) is 14.2 Å². The lowest BCUT2D eigenvalue weighted by atomic mass is 9.99. The first-order valence-electron chi connectivity index (χ1n) is 7.89. The first kappa shape index (κ1) is 18.9. The molecule has 1 N–H and O–H groups in total. The number of esters is 1. The molecule has 2 aromatic rings. The molecule has 0 aliphatic heterocycles. The number of carbonyl (C=O) groups is 2. The molecular weight excluding hydrogens is 346 g/mol. The van der Waals surface area contributed by atoms with E-state index in [-0.39, 0.29) is 18.0 Å². The van der Waals surface area contributed by atoms with E-state index in [0.717, 1.165) is 0 Å². The van der Waals surface area contributed by atoms with Crippen LogP contribution in [0.3, 0.4) is 0 Å². The van der Waals surface area contributed by atoms with Crippen molar-refractivity contribution in [3.05, 3.63) is 39.9 Å². The minimum atomic E-state index is -0.763. The van der Waals surface area contributed by atoms with E-state index in [0.29, 0.717) is 22.3 Å². The van der Waals surface area contributed by atoms with Crippen molar-refractivity contribution in [3.8, 4) is 0 Å². The Morgan fingerprint density at radius 3 is 2.76 bits per heavy atom. The minimum absolute atomic E-state index is 0.0957. The van der Waals surface area contributed by atoms with Gasteiger partial charge in [-0.2, -0.15) is 0 Å². The summed E-state index contributed by atoms with van der Waals surface area (Å²) in [6.45, 7) is 3.50. The van der Waals surface area contributed by atoms with Gasteiger partial charge in [-0.05, 0) is 24.1 Å². The van der Waals surface area contributed by atoms with E-state index >= 15 is 0 Å². The molecule has 0 aliphatic carbocycles. The first-order valence-corrected chi connectivity index (χ1v) is 8.27. The molecule has 25 heavy (non-hydrogen) atoms. The molecular formula is C17H20ClN3O4. The lowest BCUT2D eigenvalue weighted by molar-refractivity contribution is -0.146. The molecule has 1 aromatic carbocycles. The van der Waals surface area contributed by atoms with Crippen LogP contribution in [0.4, 0.5) is 0 Å². The molecule has 0 bridgehead atoms. The zero-order chi connectivity index (χ0) is 18.6. The minimum Gasteiger partial charge on any atom is -0.467 e. The number of hydrogen-bond acceptors (Lipinski definition) is 5. The Morgan fingerprint density at radius 1 is 1.40 bits per heavy atom. The SMILES string of the molecule is CCC(C)C(NC(=O)Cn1cnc2ccc(Cl)cc2c1=O)C(=O)OC. The summed E-state index contributed by atoms with van der Waals surface area (Å²) < 4.78 is 5.91. The third-order valence-electron chi connectivity index (χ3n) is 4.08. The van der Waals surface area contributed by atoms with E-state index in [1.54, 1.807) is 12.1 Å². The molecule has 1 heterocycles. The lowest BCUT2D eigenvalue weighted by Gasteiger charge is -2.22. The zero-order valence-corrected chi connectivity index (χ0v) is 15.0. The third-order valence-corrected chi connectivity index (χ3v) is 4.32. The Labute approximate surface area is 149 Å². The second kappa shape index (κ2) is 8.11. The van der Waals surface area contributed by atoms with Crippen molar-refractivity contribution in [2.24, 2.45) is 5.92 Å². The van der Waals surface area contributed by atoms with Crippen molar-refractivity contribution in [1.29, 1.82) is 0 Å². The quantitative estimate of drug-likeness (QED) is 0.788.